The highest BCUT2D eigenvalue weighted by Gasteiger charge is 2.16. The number of hydrogen-bond donors (Lipinski definition) is 1. The van der Waals surface area contributed by atoms with Crippen molar-refractivity contribution in [2.75, 3.05) is 6.54 Å². The maximum atomic E-state index is 5.97. The van der Waals surface area contributed by atoms with Crippen molar-refractivity contribution in [1.82, 2.24) is 5.32 Å². The molecule has 0 aliphatic carbocycles. The molecule has 0 spiro atoms. The maximum absolute atomic E-state index is 5.97. The summed E-state index contributed by atoms with van der Waals surface area (Å²) < 4.78 is 5.97. The van der Waals surface area contributed by atoms with Crippen molar-refractivity contribution in [3.63, 3.8) is 0 Å². The molecule has 1 heterocycles. The van der Waals surface area contributed by atoms with Gasteiger partial charge in [0.1, 0.15) is 11.9 Å². The van der Waals surface area contributed by atoms with Crippen molar-refractivity contribution in [2.45, 2.75) is 32.9 Å². The van der Waals surface area contributed by atoms with E-state index in [0.29, 0.717) is 6.10 Å². The zero-order valence-electron chi connectivity index (χ0n) is 8.84. The van der Waals surface area contributed by atoms with Crippen LogP contribution < -0.4 is 10.1 Å². The van der Waals surface area contributed by atoms with Gasteiger partial charge in [-0.1, -0.05) is 25.1 Å². The fourth-order valence-corrected chi connectivity index (χ4v) is 1.82. The lowest BCUT2D eigenvalue weighted by Crippen LogP contribution is -2.27. The van der Waals surface area contributed by atoms with E-state index in [1.165, 1.54) is 11.1 Å². The average Bonchev–Trinajstić information content (AvgIpc) is 2.40. The Morgan fingerprint density at radius 2 is 2.36 bits per heavy atom. The van der Waals surface area contributed by atoms with Gasteiger partial charge >= 0.3 is 0 Å². The summed E-state index contributed by atoms with van der Waals surface area (Å²) >= 11 is 0. The molecule has 1 aromatic rings. The highest BCUT2D eigenvalue weighted by molar-refractivity contribution is 5.41. The third kappa shape index (κ3) is 1.75. The summed E-state index contributed by atoms with van der Waals surface area (Å²) in [5.74, 6) is 1.09. The molecule has 14 heavy (non-hydrogen) atoms. The van der Waals surface area contributed by atoms with E-state index in [1.54, 1.807) is 0 Å². The van der Waals surface area contributed by atoms with Crippen LogP contribution in [0.15, 0.2) is 18.2 Å². The Balaban J connectivity index is 2.33. The van der Waals surface area contributed by atoms with E-state index < -0.39 is 0 Å². The van der Waals surface area contributed by atoms with Crippen LogP contribution in [-0.2, 0) is 6.54 Å². The molecule has 2 heteroatoms. The molecule has 1 atom stereocenters. The molecular formula is C12H17NO. The molecule has 0 amide bonds. The quantitative estimate of drug-likeness (QED) is 0.735. The summed E-state index contributed by atoms with van der Waals surface area (Å²) in [6, 6.07) is 6.33. The summed E-state index contributed by atoms with van der Waals surface area (Å²) in [6.07, 6.45) is 1.37. The van der Waals surface area contributed by atoms with Crippen LogP contribution in [0.5, 0.6) is 5.75 Å². The molecule has 0 saturated carbocycles. The SMILES string of the molecule is CCC1CNCc2cccc(C)c2O1. The van der Waals surface area contributed by atoms with Crippen LogP contribution in [0, 0.1) is 6.92 Å². The Morgan fingerprint density at radius 1 is 1.50 bits per heavy atom. The van der Waals surface area contributed by atoms with Gasteiger partial charge in [-0.3, -0.25) is 0 Å². The first-order valence-corrected chi connectivity index (χ1v) is 5.27. The fourth-order valence-electron chi connectivity index (χ4n) is 1.82. The van der Waals surface area contributed by atoms with Gasteiger partial charge < -0.3 is 10.1 Å². The second kappa shape index (κ2) is 4.01. The van der Waals surface area contributed by atoms with E-state index in [2.05, 4.69) is 37.4 Å². The summed E-state index contributed by atoms with van der Waals surface area (Å²) in [6.45, 7) is 6.14. The molecule has 0 fully saturated rings. The Morgan fingerprint density at radius 3 is 3.14 bits per heavy atom. The monoisotopic (exact) mass is 191 g/mol. The number of rotatable bonds is 1. The van der Waals surface area contributed by atoms with Gasteiger partial charge in [0.05, 0.1) is 0 Å². The van der Waals surface area contributed by atoms with E-state index in [-0.39, 0.29) is 0 Å². The number of aryl methyl sites for hydroxylation is 1. The minimum Gasteiger partial charge on any atom is -0.489 e. The molecule has 1 N–H and O–H groups in total. The summed E-state index contributed by atoms with van der Waals surface area (Å²) in [5.41, 5.74) is 2.52. The molecule has 0 saturated heterocycles. The number of nitrogens with one attached hydrogen (secondary N) is 1. The predicted molar refractivity (Wildman–Crippen MR) is 57.6 cm³/mol. The van der Waals surface area contributed by atoms with Crippen LogP contribution in [0.2, 0.25) is 0 Å². The van der Waals surface area contributed by atoms with Gasteiger partial charge in [0.25, 0.3) is 0 Å². The first-order chi connectivity index (χ1) is 6.81. The fraction of sp³-hybridized carbons (Fsp3) is 0.500. The summed E-state index contributed by atoms with van der Waals surface area (Å²) in [5, 5.41) is 3.41. The lowest BCUT2D eigenvalue weighted by molar-refractivity contribution is 0.200. The van der Waals surface area contributed by atoms with Gasteiger partial charge in [0.15, 0.2) is 0 Å². The van der Waals surface area contributed by atoms with Crippen LogP contribution in [0.25, 0.3) is 0 Å². The number of hydrogen-bond acceptors (Lipinski definition) is 2. The van der Waals surface area contributed by atoms with Crippen molar-refractivity contribution in [3.8, 4) is 5.75 Å². The Labute approximate surface area is 85.3 Å². The van der Waals surface area contributed by atoms with Gasteiger partial charge in [0, 0.05) is 18.7 Å². The van der Waals surface area contributed by atoms with Gasteiger partial charge in [-0.05, 0) is 18.9 Å². The average molecular weight is 191 g/mol. The van der Waals surface area contributed by atoms with Crippen LogP contribution in [-0.4, -0.2) is 12.6 Å². The minimum atomic E-state index is 0.317. The van der Waals surface area contributed by atoms with E-state index in [1.807, 2.05) is 0 Å². The third-order valence-corrected chi connectivity index (χ3v) is 2.72. The first-order valence-electron chi connectivity index (χ1n) is 5.27. The molecular weight excluding hydrogens is 174 g/mol. The second-order valence-electron chi connectivity index (χ2n) is 3.84. The van der Waals surface area contributed by atoms with Crippen LogP contribution in [0.3, 0.4) is 0 Å². The second-order valence-corrected chi connectivity index (χ2v) is 3.84. The third-order valence-electron chi connectivity index (χ3n) is 2.72. The lowest BCUT2D eigenvalue weighted by Gasteiger charge is -2.16. The van der Waals surface area contributed by atoms with Crippen LogP contribution >= 0.6 is 0 Å². The van der Waals surface area contributed by atoms with Crippen LogP contribution in [0.4, 0.5) is 0 Å². The lowest BCUT2D eigenvalue weighted by atomic mass is 10.1. The molecule has 0 radical (unpaired) electrons. The van der Waals surface area contributed by atoms with Crippen molar-refractivity contribution >= 4 is 0 Å². The van der Waals surface area contributed by atoms with E-state index in [4.69, 9.17) is 4.74 Å². The van der Waals surface area contributed by atoms with Crippen molar-refractivity contribution < 1.29 is 4.74 Å². The molecule has 76 valence electrons. The van der Waals surface area contributed by atoms with E-state index in [0.717, 1.165) is 25.3 Å². The van der Waals surface area contributed by atoms with Gasteiger partial charge in [-0.25, -0.2) is 0 Å². The standard InChI is InChI=1S/C12H17NO/c1-3-11-8-13-7-10-6-4-5-9(2)12(10)14-11/h4-6,11,13H,3,7-8H2,1-2H3. The van der Waals surface area contributed by atoms with E-state index in [9.17, 15) is 0 Å². The molecule has 1 aromatic carbocycles. The Hall–Kier alpha value is -1.02. The highest BCUT2D eigenvalue weighted by atomic mass is 16.5. The molecule has 2 rings (SSSR count). The normalized spacial score (nSPS) is 20.9. The number of para-hydroxylation sites is 1. The van der Waals surface area contributed by atoms with Crippen molar-refractivity contribution in [3.05, 3.63) is 29.3 Å². The van der Waals surface area contributed by atoms with Crippen LogP contribution in [0.1, 0.15) is 24.5 Å². The highest BCUT2D eigenvalue weighted by Crippen LogP contribution is 2.26. The zero-order valence-corrected chi connectivity index (χ0v) is 8.84. The van der Waals surface area contributed by atoms with Gasteiger partial charge in [-0.2, -0.15) is 0 Å². The van der Waals surface area contributed by atoms with E-state index >= 15 is 0 Å². The number of fused-ring (bicyclic) bond motifs is 1. The summed E-state index contributed by atoms with van der Waals surface area (Å²) in [4.78, 5) is 0. The van der Waals surface area contributed by atoms with Crippen molar-refractivity contribution in [1.29, 1.82) is 0 Å². The van der Waals surface area contributed by atoms with Gasteiger partial charge in [-0.15, -0.1) is 0 Å². The Bertz CT molecular complexity index is 322. The minimum absolute atomic E-state index is 0.317. The zero-order chi connectivity index (χ0) is 9.97. The van der Waals surface area contributed by atoms with Gasteiger partial charge in [0.2, 0.25) is 0 Å². The number of ether oxygens (including phenoxy) is 1. The largest absolute Gasteiger partial charge is 0.489 e. The smallest absolute Gasteiger partial charge is 0.127 e. The first kappa shape index (κ1) is 9.53. The maximum Gasteiger partial charge on any atom is 0.127 e. The molecule has 0 aromatic heterocycles. The van der Waals surface area contributed by atoms with Crippen molar-refractivity contribution in [2.24, 2.45) is 0 Å². The number of benzene rings is 1. The molecule has 1 aliphatic rings. The summed E-state index contributed by atoms with van der Waals surface area (Å²) in [7, 11) is 0. The Kier molecular flexibility index (Phi) is 2.73. The molecule has 2 nitrogen and oxygen atoms in total. The molecule has 1 unspecified atom stereocenters. The topological polar surface area (TPSA) is 21.3 Å². The predicted octanol–water partition coefficient (Wildman–Crippen LogP) is 2.26. The molecule has 1 aliphatic heterocycles. The molecule has 0 bridgehead atoms.